The second-order valence-electron chi connectivity index (χ2n) is 4.88. The number of nitro benzene ring substituents is 1. The quantitative estimate of drug-likeness (QED) is 0.641. The highest BCUT2D eigenvalue weighted by Gasteiger charge is 2.20. The van der Waals surface area contributed by atoms with Gasteiger partial charge in [0.15, 0.2) is 0 Å². The van der Waals surface area contributed by atoms with Gasteiger partial charge in [-0.15, -0.1) is 0 Å². The number of benzene rings is 2. The number of amides is 2. The molecule has 0 aliphatic carbocycles. The minimum Gasteiger partial charge on any atom is -0.355 e. The molecule has 8 heteroatoms. The highest BCUT2D eigenvalue weighted by atomic mass is 35.5. The van der Waals surface area contributed by atoms with E-state index in [2.05, 4.69) is 10.6 Å². The lowest BCUT2D eigenvalue weighted by Crippen LogP contribution is -2.24. The monoisotopic (exact) mass is 347 g/mol. The van der Waals surface area contributed by atoms with Crippen molar-refractivity contribution in [2.24, 2.45) is 0 Å². The Hall–Kier alpha value is -2.93. The van der Waals surface area contributed by atoms with Crippen molar-refractivity contribution in [3.8, 4) is 0 Å². The van der Waals surface area contributed by atoms with E-state index in [1.165, 1.54) is 19.2 Å². The Morgan fingerprint density at radius 2 is 1.79 bits per heavy atom. The van der Waals surface area contributed by atoms with E-state index in [1.54, 1.807) is 24.3 Å². The van der Waals surface area contributed by atoms with Crippen LogP contribution in [0.1, 0.15) is 26.3 Å². The van der Waals surface area contributed by atoms with E-state index < -0.39 is 10.8 Å². The Morgan fingerprint density at radius 3 is 2.38 bits per heavy atom. The molecule has 2 N–H and O–H groups in total. The highest BCUT2D eigenvalue weighted by Crippen LogP contribution is 2.23. The molecular weight excluding hydrogens is 334 g/mol. The van der Waals surface area contributed by atoms with Gasteiger partial charge in [0, 0.05) is 30.2 Å². The fourth-order valence-electron chi connectivity index (χ4n) is 2.04. The molecule has 0 aliphatic rings. The third-order valence-corrected chi connectivity index (χ3v) is 3.53. The lowest BCUT2D eigenvalue weighted by molar-refractivity contribution is -0.385. The Morgan fingerprint density at radius 1 is 1.12 bits per heavy atom. The summed E-state index contributed by atoms with van der Waals surface area (Å²) < 4.78 is 0. The van der Waals surface area contributed by atoms with Crippen LogP contribution in [0.15, 0.2) is 42.5 Å². The topological polar surface area (TPSA) is 101 Å². The molecule has 0 saturated carbocycles. The van der Waals surface area contributed by atoms with Crippen LogP contribution in [0.25, 0.3) is 0 Å². The van der Waals surface area contributed by atoms with Crippen LogP contribution in [0.3, 0.4) is 0 Å². The zero-order valence-corrected chi connectivity index (χ0v) is 13.5. The molecule has 0 fully saturated rings. The van der Waals surface area contributed by atoms with Crippen LogP contribution in [0.2, 0.25) is 5.02 Å². The lowest BCUT2D eigenvalue weighted by Gasteiger charge is -2.07. The van der Waals surface area contributed by atoms with Crippen molar-refractivity contribution in [1.82, 2.24) is 10.6 Å². The maximum absolute atomic E-state index is 12.2. The number of hydrogen-bond acceptors (Lipinski definition) is 4. The fourth-order valence-corrected chi connectivity index (χ4v) is 2.21. The van der Waals surface area contributed by atoms with Gasteiger partial charge in [-0.3, -0.25) is 19.7 Å². The zero-order valence-electron chi connectivity index (χ0n) is 12.7. The number of hydrogen-bond donors (Lipinski definition) is 2. The summed E-state index contributed by atoms with van der Waals surface area (Å²) in [5.41, 5.74) is 0.842. The minimum atomic E-state index is -0.654. The fraction of sp³-hybridized carbons (Fsp3) is 0.125. The molecule has 0 aromatic heterocycles. The van der Waals surface area contributed by atoms with Crippen LogP contribution in [0.4, 0.5) is 5.69 Å². The van der Waals surface area contributed by atoms with Gasteiger partial charge in [0.25, 0.3) is 17.5 Å². The summed E-state index contributed by atoms with van der Waals surface area (Å²) >= 11 is 5.72. The molecule has 24 heavy (non-hydrogen) atoms. The molecule has 2 aromatic rings. The van der Waals surface area contributed by atoms with Gasteiger partial charge in [0.2, 0.25) is 0 Å². The number of nitro groups is 1. The summed E-state index contributed by atoms with van der Waals surface area (Å²) in [6, 6.07) is 10.5. The molecule has 2 amide bonds. The normalized spacial score (nSPS) is 10.1. The number of nitrogens with one attached hydrogen (secondary N) is 2. The van der Waals surface area contributed by atoms with Gasteiger partial charge >= 0.3 is 0 Å². The summed E-state index contributed by atoms with van der Waals surface area (Å²) in [6.45, 7) is 0.173. The predicted octanol–water partition coefficient (Wildman–Crippen LogP) is 2.54. The maximum Gasteiger partial charge on any atom is 0.283 e. The van der Waals surface area contributed by atoms with Crippen molar-refractivity contribution < 1.29 is 14.5 Å². The maximum atomic E-state index is 12.2. The summed E-state index contributed by atoms with van der Waals surface area (Å²) in [7, 11) is 1.54. The second-order valence-corrected chi connectivity index (χ2v) is 5.31. The van der Waals surface area contributed by atoms with E-state index in [9.17, 15) is 19.7 Å². The molecule has 0 aliphatic heterocycles. The second kappa shape index (κ2) is 7.56. The largest absolute Gasteiger partial charge is 0.355 e. The standard InChI is InChI=1S/C16H14ClN3O4/c1-18-15(21)11-4-2-10(3-5-11)9-19-16(22)13-7-6-12(17)8-14(13)20(23)24/h2-8H,9H2,1H3,(H,18,21)(H,19,22). The smallest absolute Gasteiger partial charge is 0.283 e. The number of nitrogens with zero attached hydrogens (tertiary/aromatic N) is 1. The first-order chi connectivity index (χ1) is 11.4. The van der Waals surface area contributed by atoms with E-state index in [1.807, 2.05) is 0 Å². The first-order valence-corrected chi connectivity index (χ1v) is 7.33. The third-order valence-electron chi connectivity index (χ3n) is 3.30. The Balaban J connectivity index is 2.08. The SMILES string of the molecule is CNC(=O)c1ccc(CNC(=O)c2ccc(Cl)cc2[N+](=O)[O-])cc1. The van der Waals surface area contributed by atoms with Crippen LogP contribution in [0, 0.1) is 10.1 Å². The summed E-state index contributed by atoms with van der Waals surface area (Å²) in [5, 5.41) is 16.3. The zero-order chi connectivity index (χ0) is 17.7. The minimum absolute atomic E-state index is 0.0635. The Bertz CT molecular complexity index is 790. The van der Waals surface area contributed by atoms with Crippen LogP contribution < -0.4 is 10.6 Å². The lowest BCUT2D eigenvalue weighted by atomic mass is 10.1. The molecule has 2 rings (SSSR count). The average molecular weight is 348 g/mol. The Labute approximate surface area is 142 Å². The summed E-state index contributed by atoms with van der Waals surface area (Å²) in [6.07, 6.45) is 0. The van der Waals surface area contributed by atoms with E-state index in [0.29, 0.717) is 5.56 Å². The number of carbonyl (C=O) groups excluding carboxylic acids is 2. The van der Waals surface area contributed by atoms with E-state index in [-0.39, 0.29) is 28.7 Å². The molecule has 0 atom stereocenters. The molecule has 0 radical (unpaired) electrons. The molecule has 7 nitrogen and oxygen atoms in total. The molecule has 0 heterocycles. The predicted molar refractivity (Wildman–Crippen MR) is 89.1 cm³/mol. The van der Waals surface area contributed by atoms with Crippen LogP contribution >= 0.6 is 11.6 Å². The van der Waals surface area contributed by atoms with Crippen molar-refractivity contribution >= 4 is 29.1 Å². The molecule has 2 aromatic carbocycles. The first kappa shape index (κ1) is 17.4. The van der Waals surface area contributed by atoms with Gasteiger partial charge in [-0.25, -0.2) is 0 Å². The van der Waals surface area contributed by atoms with Crippen LogP contribution in [-0.2, 0) is 6.54 Å². The number of carbonyl (C=O) groups is 2. The molecule has 0 saturated heterocycles. The molecule has 124 valence electrons. The third kappa shape index (κ3) is 4.08. The average Bonchev–Trinajstić information content (AvgIpc) is 2.59. The summed E-state index contributed by atoms with van der Waals surface area (Å²) in [5.74, 6) is -0.781. The highest BCUT2D eigenvalue weighted by molar-refractivity contribution is 6.31. The molecule has 0 bridgehead atoms. The Kier molecular flexibility index (Phi) is 5.49. The van der Waals surface area contributed by atoms with Crippen molar-refractivity contribution in [2.45, 2.75) is 6.54 Å². The van der Waals surface area contributed by atoms with Gasteiger partial charge in [0.1, 0.15) is 5.56 Å². The van der Waals surface area contributed by atoms with Crippen molar-refractivity contribution in [2.75, 3.05) is 7.05 Å². The van der Waals surface area contributed by atoms with Gasteiger partial charge in [-0.1, -0.05) is 23.7 Å². The molecule has 0 unspecified atom stereocenters. The van der Waals surface area contributed by atoms with Gasteiger partial charge in [-0.05, 0) is 29.8 Å². The van der Waals surface area contributed by atoms with Gasteiger partial charge in [-0.2, -0.15) is 0 Å². The summed E-state index contributed by atoms with van der Waals surface area (Å²) in [4.78, 5) is 34.0. The molecule has 0 spiro atoms. The van der Waals surface area contributed by atoms with Gasteiger partial charge in [0.05, 0.1) is 4.92 Å². The molecular formula is C16H14ClN3O4. The number of rotatable bonds is 5. The van der Waals surface area contributed by atoms with E-state index >= 15 is 0 Å². The van der Waals surface area contributed by atoms with Crippen molar-refractivity contribution in [3.05, 3.63) is 74.3 Å². The number of halogens is 1. The van der Waals surface area contributed by atoms with Crippen LogP contribution in [0.5, 0.6) is 0 Å². The van der Waals surface area contributed by atoms with Gasteiger partial charge < -0.3 is 10.6 Å². The van der Waals surface area contributed by atoms with Crippen LogP contribution in [-0.4, -0.2) is 23.8 Å². The van der Waals surface area contributed by atoms with E-state index in [4.69, 9.17) is 11.6 Å². The van der Waals surface area contributed by atoms with E-state index in [0.717, 1.165) is 11.6 Å². The van der Waals surface area contributed by atoms with Crippen molar-refractivity contribution in [1.29, 1.82) is 0 Å². The van der Waals surface area contributed by atoms with Crippen molar-refractivity contribution in [3.63, 3.8) is 0 Å². The first-order valence-electron chi connectivity index (χ1n) is 6.95.